The third kappa shape index (κ3) is 5.06. The van der Waals surface area contributed by atoms with Crippen LogP contribution in [0.4, 0.5) is 0 Å². The van der Waals surface area contributed by atoms with Crippen LogP contribution in [0.15, 0.2) is 51.6 Å². The lowest BCUT2D eigenvalue weighted by molar-refractivity contribution is 0.0100. The van der Waals surface area contributed by atoms with Gasteiger partial charge < -0.3 is 19.0 Å². The first-order valence-electron chi connectivity index (χ1n) is 12.1. The van der Waals surface area contributed by atoms with Gasteiger partial charge in [0.05, 0.1) is 20.1 Å². The molecule has 0 N–H and O–H groups in total. The van der Waals surface area contributed by atoms with Gasteiger partial charge in [0.15, 0.2) is 17.6 Å². The van der Waals surface area contributed by atoms with Gasteiger partial charge in [-0.15, -0.1) is 0 Å². The minimum atomic E-state index is -0.0173. The van der Waals surface area contributed by atoms with Gasteiger partial charge in [-0.2, -0.15) is 0 Å². The maximum atomic E-state index is 6.16. The molecule has 0 spiro atoms. The molecule has 3 aliphatic rings. The average molecular weight is 542 g/mol. The minimum Gasteiger partial charge on any atom is -0.493 e. The van der Waals surface area contributed by atoms with Gasteiger partial charge in [-0.1, -0.05) is 47.1 Å². The molecule has 3 heterocycles. The fourth-order valence-electron chi connectivity index (χ4n) is 5.09. The van der Waals surface area contributed by atoms with Crippen molar-refractivity contribution in [2.45, 2.75) is 13.0 Å². The van der Waals surface area contributed by atoms with Crippen LogP contribution in [0, 0.1) is 5.92 Å². The summed E-state index contributed by atoms with van der Waals surface area (Å²) in [7, 11) is 3.25. The maximum Gasteiger partial charge on any atom is 0.178 e. The fourth-order valence-corrected chi connectivity index (χ4v) is 5.78. The Labute approximate surface area is 215 Å². The number of halogens is 1. The smallest absolute Gasteiger partial charge is 0.178 e. The molecule has 0 amide bonds. The van der Waals surface area contributed by atoms with E-state index >= 15 is 0 Å². The summed E-state index contributed by atoms with van der Waals surface area (Å²) in [6.07, 6.45) is 2.26. The van der Waals surface area contributed by atoms with E-state index < -0.39 is 0 Å². The van der Waals surface area contributed by atoms with E-state index in [9.17, 15) is 0 Å². The molecule has 0 bridgehead atoms. The molecule has 2 aromatic carbocycles. The second kappa shape index (κ2) is 10.6. The number of piperazine rings is 1. The molecule has 7 nitrogen and oxygen atoms in total. The van der Waals surface area contributed by atoms with Gasteiger partial charge in [0, 0.05) is 44.8 Å². The first-order chi connectivity index (χ1) is 17.1. The summed E-state index contributed by atoms with van der Waals surface area (Å²) in [5.41, 5.74) is 4.48. The van der Waals surface area contributed by atoms with E-state index in [1.165, 1.54) is 11.1 Å². The van der Waals surface area contributed by atoms with Crippen LogP contribution < -0.4 is 14.2 Å². The summed E-state index contributed by atoms with van der Waals surface area (Å²) in [5, 5.41) is 4.49. The van der Waals surface area contributed by atoms with Crippen molar-refractivity contribution in [1.29, 1.82) is 0 Å². The van der Waals surface area contributed by atoms with E-state index in [1.807, 2.05) is 6.07 Å². The van der Waals surface area contributed by atoms with Crippen molar-refractivity contribution in [2.75, 3.05) is 60.1 Å². The van der Waals surface area contributed by atoms with Gasteiger partial charge in [-0.25, -0.2) is 0 Å². The SMILES string of the molecule is COc1cc2c(c(Br)c1OC)OCC1C2=NOC1CN1CCN(C/C(C)=C/c2ccccc2)CC1. The quantitative estimate of drug-likeness (QED) is 0.521. The summed E-state index contributed by atoms with van der Waals surface area (Å²) in [4.78, 5) is 11.0. The molecule has 0 radical (unpaired) electrons. The summed E-state index contributed by atoms with van der Waals surface area (Å²) in [6.45, 7) is 8.75. The van der Waals surface area contributed by atoms with Crippen LogP contribution >= 0.6 is 15.9 Å². The fraction of sp³-hybridized carbons (Fsp3) is 0.444. The van der Waals surface area contributed by atoms with E-state index in [-0.39, 0.29) is 12.0 Å². The molecule has 5 rings (SSSR count). The number of oxime groups is 1. The lowest BCUT2D eigenvalue weighted by atomic mass is 9.90. The van der Waals surface area contributed by atoms with E-state index in [2.05, 4.69) is 74.2 Å². The number of hydrogen-bond acceptors (Lipinski definition) is 7. The van der Waals surface area contributed by atoms with E-state index in [0.29, 0.717) is 18.1 Å². The second-order valence-electron chi connectivity index (χ2n) is 9.32. The van der Waals surface area contributed by atoms with E-state index in [1.54, 1.807) is 14.2 Å². The molecular weight excluding hydrogens is 510 g/mol. The van der Waals surface area contributed by atoms with Gasteiger partial charge in [-0.05, 0) is 34.5 Å². The molecule has 35 heavy (non-hydrogen) atoms. The Morgan fingerprint density at radius 3 is 2.57 bits per heavy atom. The topological polar surface area (TPSA) is 55.8 Å². The molecule has 0 saturated carbocycles. The molecular formula is C27H32BrN3O4. The Kier molecular flexibility index (Phi) is 7.32. The number of hydrogen-bond donors (Lipinski definition) is 0. The highest BCUT2D eigenvalue weighted by Gasteiger charge is 2.42. The number of rotatable bonds is 7. The Morgan fingerprint density at radius 2 is 1.86 bits per heavy atom. The van der Waals surface area contributed by atoms with Gasteiger partial charge in [0.25, 0.3) is 0 Å². The van der Waals surface area contributed by atoms with Crippen LogP contribution in [0.2, 0.25) is 0 Å². The molecule has 186 valence electrons. The number of fused-ring (bicyclic) bond motifs is 3. The van der Waals surface area contributed by atoms with Crippen LogP contribution in [0.5, 0.6) is 17.2 Å². The van der Waals surface area contributed by atoms with Crippen LogP contribution in [-0.4, -0.2) is 81.7 Å². The van der Waals surface area contributed by atoms with Crippen molar-refractivity contribution in [2.24, 2.45) is 11.1 Å². The third-order valence-electron chi connectivity index (χ3n) is 6.92. The van der Waals surface area contributed by atoms with Crippen molar-refractivity contribution in [1.82, 2.24) is 9.80 Å². The second-order valence-corrected chi connectivity index (χ2v) is 10.1. The summed E-state index contributed by atoms with van der Waals surface area (Å²) in [5.74, 6) is 2.09. The summed E-state index contributed by atoms with van der Waals surface area (Å²) in [6, 6.07) is 12.5. The number of benzene rings is 2. The molecule has 2 atom stereocenters. The zero-order valence-electron chi connectivity index (χ0n) is 20.5. The summed E-state index contributed by atoms with van der Waals surface area (Å²) >= 11 is 3.61. The van der Waals surface area contributed by atoms with Crippen molar-refractivity contribution in [3.8, 4) is 17.2 Å². The van der Waals surface area contributed by atoms with Gasteiger partial charge in [0.2, 0.25) is 0 Å². The van der Waals surface area contributed by atoms with E-state index in [0.717, 1.165) is 60.8 Å². The van der Waals surface area contributed by atoms with Crippen LogP contribution in [-0.2, 0) is 4.84 Å². The molecule has 0 aliphatic carbocycles. The van der Waals surface area contributed by atoms with Gasteiger partial charge in [-0.3, -0.25) is 9.80 Å². The molecule has 8 heteroatoms. The maximum absolute atomic E-state index is 6.16. The Hall–Kier alpha value is -2.55. The molecule has 3 aliphatic heterocycles. The minimum absolute atomic E-state index is 0.0173. The van der Waals surface area contributed by atoms with E-state index in [4.69, 9.17) is 19.0 Å². The molecule has 1 fully saturated rings. The highest BCUT2D eigenvalue weighted by Crippen LogP contribution is 2.47. The lowest BCUT2D eigenvalue weighted by Crippen LogP contribution is -2.50. The first kappa shape index (κ1) is 24.2. The van der Waals surface area contributed by atoms with Crippen molar-refractivity contribution in [3.63, 3.8) is 0 Å². The number of methoxy groups -OCH3 is 2. The zero-order valence-corrected chi connectivity index (χ0v) is 22.1. The molecule has 0 aromatic heterocycles. The van der Waals surface area contributed by atoms with Crippen LogP contribution in [0.3, 0.4) is 0 Å². The zero-order chi connectivity index (χ0) is 24.4. The predicted molar refractivity (Wildman–Crippen MR) is 141 cm³/mol. The van der Waals surface area contributed by atoms with Crippen molar-refractivity contribution >= 4 is 27.7 Å². The predicted octanol–water partition coefficient (Wildman–Crippen LogP) is 4.30. The van der Waals surface area contributed by atoms with Crippen molar-refractivity contribution < 1.29 is 19.0 Å². The monoisotopic (exact) mass is 541 g/mol. The highest BCUT2D eigenvalue weighted by molar-refractivity contribution is 9.10. The Bertz CT molecular complexity index is 1110. The van der Waals surface area contributed by atoms with Crippen molar-refractivity contribution in [3.05, 3.63) is 57.6 Å². The largest absolute Gasteiger partial charge is 0.493 e. The Balaban J connectivity index is 1.17. The standard InChI is InChI=1S/C27H32BrN3O4/c1-18(13-19-7-5-4-6-8-19)15-30-9-11-31(12-10-30)16-23-21-17-34-26-20(25(21)29-35-23)14-22(32-2)27(33-3)24(26)28/h4-8,13-14,21,23H,9-12,15-17H2,1-3H3/b18-13+. The lowest BCUT2D eigenvalue weighted by Gasteiger charge is -2.36. The number of ether oxygens (including phenoxy) is 3. The number of nitrogens with zero attached hydrogens (tertiary/aromatic N) is 3. The third-order valence-corrected chi connectivity index (χ3v) is 7.65. The molecule has 2 unspecified atom stereocenters. The average Bonchev–Trinajstić information content (AvgIpc) is 3.28. The summed E-state index contributed by atoms with van der Waals surface area (Å²) < 4.78 is 17.9. The van der Waals surface area contributed by atoms with Crippen LogP contribution in [0.1, 0.15) is 18.1 Å². The normalized spacial score (nSPS) is 22.5. The molecule has 1 saturated heterocycles. The van der Waals surface area contributed by atoms with Gasteiger partial charge >= 0.3 is 0 Å². The highest BCUT2D eigenvalue weighted by atomic mass is 79.9. The molecule has 2 aromatic rings. The first-order valence-corrected chi connectivity index (χ1v) is 12.8. The Morgan fingerprint density at radius 1 is 1.11 bits per heavy atom. The van der Waals surface area contributed by atoms with Crippen LogP contribution in [0.25, 0.3) is 6.08 Å². The van der Waals surface area contributed by atoms with Gasteiger partial charge in [0.1, 0.15) is 22.5 Å².